The van der Waals surface area contributed by atoms with E-state index in [1.54, 1.807) is 26.0 Å². The molecule has 2 rings (SSSR count). The number of benzene rings is 2. The molecule has 0 atom stereocenters. The molecule has 2 aromatic carbocycles. The Morgan fingerprint density at radius 3 is 2.57 bits per heavy atom. The molecule has 21 heavy (non-hydrogen) atoms. The fourth-order valence-electron chi connectivity index (χ4n) is 2.04. The quantitative estimate of drug-likeness (QED) is 0.662. The van der Waals surface area contributed by atoms with Crippen molar-refractivity contribution < 1.29 is 9.31 Å². The summed E-state index contributed by atoms with van der Waals surface area (Å²) in [4.78, 5) is 10.5. The van der Waals surface area contributed by atoms with Gasteiger partial charge in [0.2, 0.25) is 0 Å². The predicted molar refractivity (Wildman–Crippen MR) is 81.3 cm³/mol. The molecule has 0 amide bonds. The van der Waals surface area contributed by atoms with E-state index in [4.69, 9.17) is 11.6 Å². The topological polar surface area (TPSA) is 55.2 Å². The molecule has 0 heterocycles. The Bertz CT molecular complexity index is 704. The van der Waals surface area contributed by atoms with Gasteiger partial charge in [-0.05, 0) is 43.2 Å². The van der Waals surface area contributed by atoms with Crippen LogP contribution >= 0.6 is 11.6 Å². The number of aryl methyl sites for hydroxylation is 2. The van der Waals surface area contributed by atoms with Gasteiger partial charge in [-0.3, -0.25) is 10.1 Å². The molecule has 0 aromatic heterocycles. The highest BCUT2D eigenvalue weighted by molar-refractivity contribution is 6.31. The Morgan fingerprint density at radius 1 is 1.24 bits per heavy atom. The fraction of sp³-hybridized carbons (Fsp3) is 0.200. The molecule has 0 saturated heterocycles. The van der Waals surface area contributed by atoms with Gasteiger partial charge in [0, 0.05) is 28.9 Å². The largest absolute Gasteiger partial charge is 0.381 e. The third-order valence-corrected chi connectivity index (χ3v) is 3.58. The molecule has 110 valence electrons. The van der Waals surface area contributed by atoms with Crippen LogP contribution in [0.4, 0.5) is 15.8 Å². The van der Waals surface area contributed by atoms with E-state index in [0.29, 0.717) is 17.1 Å². The zero-order chi connectivity index (χ0) is 15.6. The third kappa shape index (κ3) is 3.49. The highest BCUT2D eigenvalue weighted by Crippen LogP contribution is 2.27. The molecule has 0 saturated carbocycles. The lowest BCUT2D eigenvalue weighted by atomic mass is 10.1. The van der Waals surface area contributed by atoms with Crippen LogP contribution in [0.2, 0.25) is 5.02 Å². The van der Waals surface area contributed by atoms with Crippen LogP contribution in [0.3, 0.4) is 0 Å². The number of hydrogen-bond acceptors (Lipinski definition) is 3. The van der Waals surface area contributed by atoms with Gasteiger partial charge < -0.3 is 5.32 Å². The first kappa shape index (κ1) is 15.3. The first-order valence-electron chi connectivity index (χ1n) is 6.32. The summed E-state index contributed by atoms with van der Waals surface area (Å²) >= 11 is 5.96. The summed E-state index contributed by atoms with van der Waals surface area (Å²) in [5.41, 5.74) is 2.99. The first-order chi connectivity index (χ1) is 9.88. The van der Waals surface area contributed by atoms with Gasteiger partial charge in [-0.25, -0.2) is 4.39 Å². The normalized spacial score (nSPS) is 10.5. The van der Waals surface area contributed by atoms with Gasteiger partial charge >= 0.3 is 0 Å². The Labute approximate surface area is 126 Å². The number of hydrogen-bond donors (Lipinski definition) is 1. The maximum atomic E-state index is 13.0. The van der Waals surface area contributed by atoms with Crippen LogP contribution in [0.5, 0.6) is 0 Å². The van der Waals surface area contributed by atoms with Gasteiger partial charge in [0.1, 0.15) is 5.82 Å². The Hall–Kier alpha value is -2.14. The van der Waals surface area contributed by atoms with Crippen molar-refractivity contribution in [3.63, 3.8) is 0 Å². The van der Waals surface area contributed by atoms with Crippen molar-refractivity contribution in [1.29, 1.82) is 0 Å². The molecule has 6 heteroatoms. The second-order valence-electron chi connectivity index (χ2n) is 4.80. The van der Waals surface area contributed by atoms with E-state index < -0.39 is 4.92 Å². The minimum absolute atomic E-state index is 0.0952. The van der Waals surface area contributed by atoms with E-state index >= 15 is 0 Å². The zero-order valence-electron chi connectivity index (χ0n) is 11.6. The molecule has 0 spiro atoms. The van der Waals surface area contributed by atoms with Gasteiger partial charge in [-0.2, -0.15) is 0 Å². The molecule has 0 aliphatic carbocycles. The van der Waals surface area contributed by atoms with Crippen LogP contribution in [-0.2, 0) is 6.54 Å². The van der Waals surface area contributed by atoms with Gasteiger partial charge in [0.05, 0.1) is 4.92 Å². The second kappa shape index (κ2) is 6.10. The van der Waals surface area contributed by atoms with Crippen LogP contribution in [0, 0.1) is 29.8 Å². The fourth-order valence-corrected chi connectivity index (χ4v) is 2.28. The second-order valence-corrected chi connectivity index (χ2v) is 5.21. The summed E-state index contributed by atoms with van der Waals surface area (Å²) in [7, 11) is 0. The van der Waals surface area contributed by atoms with Gasteiger partial charge in [-0.15, -0.1) is 0 Å². The van der Waals surface area contributed by atoms with E-state index in [0.717, 1.165) is 16.8 Å². The molecule has 0 bridgehead atoms. The Kier molecular flexibility index (Phi) is 4.43. The van der Waals surface area contributed by atoms with E-state index in [1.165, 1.54) is 18.2 Å². The lowest BCUT2D eigenvalue weighted by molar-refractivity contribution is -0.385. The van der Waals surface area contributed by atoms with Crippen LogP contribution < -0.4 is 5.32 Å². The van der Waals surface area contributed by atoms with Gasteiger partial charge in [-0.1, -0.05) is 17.7 Å². The van der Waals surface area contributed by atoms with Crippen molar-refractivity contribution in [3.05, 3.63) is 68.0 Å². The SMILES string of the molecule is Cc1cc([N+](=O)[O-])c(C)cc1NCc1ccc(F)cc1Cl. The molecule has 4 nitrogen and oxygen atoms in total. The molecule has 1 N–H and O–H groups in total. The number of nitrogens with zero attached hydrogens (tertiary/aromatic N) is 1. The smallest absolute Gasteiger partial charge is 0.272 e. The van der Waals surface area contributed by atoms with E-state index in [-0.39, 0.29) is 11.5 Å². The Balaban J connectivity index is 2.20. The highest BCUT2D eigenvalue weighted by Gasteiger charge is 2.13. The summed E-state index contributed by atoms with van der Waals surface area (Å²) in [5, 5.41) is 14.4. The van der Waals surface area contributed by atoms with Gasteiger partial charge in [0.15, 0.2) is 0 Å². The average molecular weight is 309 g/mol. The van der Waals surface area contributed by atoms with E-state index in [1.807, 2.05) is 0 Å². The van der Waals surface area contributed by atoms with Crippen molar-refractivity contribution in [2.24, 2.45) is 0 Å². The van der Waals surface area contributed by atoms with Crippen molar-refractivity contribution >= 4 is 23.0 Å². The van der Waals surface area contributed by atoms with Crippen LogP contribution in [0.25, 0.3) is 0 Å². The van der Waals surface area contributed by atoms with Crippen molar-refractivity contribution in [2.45, 2.75) is 20.4 Å². The summed E-state index contributed by atoms with van der Waals surface area (Å²) in [6, 6.07) is 7.47. The molecule has 0 radical (unpaired) electrons. The summed E-state index contributed by atoms with van der Waals surface area (Å²) < 4.78 is 13.0. The number of rotatable bonds is 4. The molecule has 0 aliphatic rings. The third-order valence-electron chi connectivity index (χ3n) is 3.22. The van der Waals surface area contributed by atoms with E-state index in [9.17, 15) is 14.5 Å². The summed E-state index contributed by atoms with van der Waals surface area (Å²) in [5.74, 6) is -0.383. The molecule has 0 aliphatic heterocycles. The number of nitro benzene ring substituents is 1. The molecule has 0 fully saturated rings. The number of nitro groups is 1. The number of anilines is 1. The molecule has 2 aromatic rings. The predicted octanol–water partition coefficient (Wildman–Crippen LogP) is 4.62. The average Bonchev–Trinajstić information content (AvgIpc) is 2.40. The lowest BCUT2D eigenvalue weighted by Gasteiger charge is -2.12. The first-order valence-corrected chi connectivity index (χ1v) is 6.69. The minimum Gasteiger partial charge on any atom is -0.381 e. The standard InChI is InChI=1S/C15H14ClFN2O2/c1-9-6-15(19(20)21)10(2)5-14(9)18-8-11-3-4-12(17)7-13(11)16/h3-7,18H,8H2,1-2H3. The number of halogens is 2. The number of nitrogens with one attached hydrogen (secondary N) is 1. The lowest BCUT2D eigenvalue weighted by Crippen LogP contribution is -2.03. The van der Waals surface area contributed by atoms with Crippen LogP contribution in [-0.4, -0.2) is 4.92 Å². The molecular weight excluding hydrogens is 295 g/mol. The summed E-state index contributed by atoms with van der Waals surface area (Å²) in [6.07, 6.45) is 0. The highest BCUT2D eigenvalue weighted by atomic mass is 35.5. The monoisotopic (exact) mass is 308 g/mol. The van der Waals surface area contributed by atoms with Crippen LogP contribution in [0.15, 0.2) is 30.3 Å². The van der Waals surface area contributed by atoms with Gasteiger partial charge in [0.25, 0.3) is 5.69 Å². The van der Waals surface area contributed by atoms with Crippen molar-refractivity contribution in [2.75, 3.05) is 5.32 Å². The maximum absolute atomic E-state index is 13.0. The summed E-state index contributed by atoms with van der Waals surface area (Å²) in [6.45, 7) is 3.89. The van der Waals surface area contributed by atoms with Crippen LogP contribution in [0.1, 0.15) is 16.7 Å². The zero-order valence-corrected chi connectivity index (χ0v) is 12.4. The minimum atomic E-state index is -0.400. The van der Waals surface area contributed by atoms with Crippen molar-refractivity contribution in [3.8, 4) is 0 Å². The van der Waals surface area contributed by atoms with Crippen molar-refractivity contribution in [1.82, 2.24) is 0 Å². The Morgan fingerprint density at radius 2 is 1.95 bits per heavy atom. The van der Waals surface area contributed by atoms with E-state index in [2.05, 4.69) is 5.32 Å². The molecule has 0 unspecified atom stereocenters. The molecular formula is C15H14ClFN2O2. The maximum Gasteiger partial charge on any atom is 0.272 e.